The zero-order valence-electron chi connectivity index (χ0n) is 24.6. The molecule has 36 heavy (non-hydrogen) atoms. The highest BCUT2D eigenvalue weighted by molar-refractivity contribution is 7.86. The summed E-state index contributed by atoms with van der Waals surface area (Å²) in [6.07, 6.45) is 19.8. The van der Waals surface area contributed by atoms with Gasteiger partial charge in [-0.25, -0.2) is 0 Å². The van der Waals surface area contributed by atoms with Gasteiger partial charge in [-0.3, -0.25) is 4.18 Å². The number of rotatable bonds is 18. The van der Waals surface area contributed by atoms with Gasteiger partial charge in [0, 0.05) is 0 Å². The summed E-state index contributed by atoms with van der Waals surface area (Å²) in [6.45, 7) is 16.5. The van der Waals surface area contributed by atoms with E-state index in [1.165, 1.54) is 27.9 Å². The molecule has 0 bridgehead atoms. The molecular formula is C31H54O4S. The molecule has 0 fully saturated rings. The van der Waals surface area contributed by atoms with Crippen molar-refractivity contribution in [3.05, 3.63) is 58.2 Å². The number of allylic oxidation sites excluding steroid dienone is 10. The van der Waals surface area contributed by atoms with E-state index in [0.717, 1.165) is 44.8 Å². The Balaban J connectivity index is 4.89. The molecule has 0 rings (SSSR count). The van der Waals surface area contributed by atoms with Gasteiger partial charge < -0.3 is 5.11 Å². The van der Waals surface area contributed by atoms with Crippen LogP contribution in [0.4, 0.5) is 0 Å². The van der Waals surface area contributed by atoms with Crippen LogP contribution in [0.3, 0.4) is 0 Å². The van der Waals surface area contributed by atoms with Crippen molar-refractivity contribution in [2.45, 2.75) is 131 Å². The monoisotopic (exact) mass is 522 g/mol. The maximum absolute atomic E-state index is 11.9. The van der Waals surface area contributed by atoms with Gasteiger partial charge >= 0.3 is 0 Å². The summed E-state index contributed by atoms with van der Waals surface area (Å²) in [5.74, 6) is 0. The summed E-state index contributed by atoms with van der Waals surface area (Å²) in [4.78, 5) is 0. The number of hydrogen-bond donors (Lipinski definition) is 1. The van der Waals surface area contributed by atoms with E-state index < -0.39 is 21.8 Å². The topological polar surface area (TPSA) is 63.6 Å². The first kappa shape index (κ1) is 34.6. The molecule has 0 saturated carbocycles. The third kappa shape index (κ3) is 19.7. The first-order valence-corrected chi connectivity index (χ1v) is 15.3. The second-order valence-corrected chi connectivity index (χ2v) is 12.7. The molecule has 4 nitrogen and oxygen atoms in total. The van der Waals surface area contributed by atoms with Gasteiger partial charge in [0.15, 0.2) is 0 Å². The molecule has 0 aromatic carbocycles. The molecule has 0 aromatic rings. The van der Waals surface area contributed by atoms with Crippen molar-refractivity contribution in [1.82, 2.24) is 0 Å². The lowest BCUT2D eigenvalue weighted by Crippen LogP contribution is -2.42. The lowest BCUT2D eigenvalue weighted by atomic mass is 9.89. The average Bonchev–Trinajstić information content (AvgIpc) is 2.71. The SMILES string of the molecule is CC(C)=CCC/C(C)=C/CC/C(C)=C/CC[C@H](OS(C)(=O)=O)[C@](C)(O)CC/C=C(\C)CCC=C(C)C. The average molecular weight is 523 g/mol. The van der Waals surface area contributed by atoms with Crippen molar-refractivity contribution in [2.75, 3.05) is 6.26 Å². The van der Waals surface area contributed by atoms with E-state index in [0.29, 0.717) is 25.7 Å². The molecule has 0 heterocycles. The Labute approximate surface area is 223 Å². The molecular weight excluding hydrogens is 468 g/mol. The maximum atomic E-state index is 11.9. The second kappa shape index (κ2) is 17.9. The Morgan fingerprint density at radius 1 is 0.722 bits per heavy atom. The molecule has 0 aliphatic rings. The third-order valence-corrected chi connectivity index (χ3v) is 6.85. The van der Waals surface area contributed by atoms with Gasteiger partial charge in [-0.1, -0.05) is 58.2 Å². The molecule has 0 radical (unpaired) electrons. The quantitative estimate of drug-likeness (QED) is 0.144. The molecule has 0 unspecified atom stereocenters. The van der Waals surface area contributed by atoms with Gasteiger partial charge in [-0.15, -0.1) is 0 Å². The molecule has 208 valence electrons. The Morgan fingerprint density at radius 2 is 1.11 bits per heavy atom. The van der Waals surface area contributed by atoms with Crippen LogP contribution in [0.25, 0.3) is 0 Å². The fraction of sp³-hybridized carbons (Fsp3) is 0.677. The van der Waals surface area contributed by atoms with E-state index in [2.05, 4.69) is 78.8 Å². The molecule has 0 aliphatic carbocycles. The molecule has 5 heteroatoms. The van der Waals surface area contributed by atoms with E-state index in [9.17, 15) is 13.5 Å². The zero-order chi connectivity index (χ0) is 27.8. The third-order valence-electron chi connectivity index (χ3n) is 6.26. The van der Waals surface area contributed by atoms with E-state index in [-0.39, 0.29) is 0 Å². The molecule has 0 aliphatic heterocycles. The molecule has 2 atom stereocenters. The van der Waals surface area contributed by atoms with Crippen molar-refractivity contribution >= 4 is 10.1 Å². The van der Waals surface area contributed by atoms with Crippen LogP contribution in [0.2, 0.25) is 0 Å². The van der Waals surface area contributed by atoms with Gasteiger partial charge in [-0.05, 0) is 120 Å². The van der Waals surface area contributed by atoms with Crippen LogP contribution in [0, 0.1) is 0 Å². The van der Waals surface area contributed by atoms with Gasteiger partial charge in [0.1, 0.15) is 6.10 Å². The zero-order valence-corrected chi connectivity index (χ0v) is 25.4. The summed E-state index contributed by atoms with van der Waals surface area (Å²) in [6, 6.07) is 0. The molecule has 0 aromatic heterocycles. The van der Waals surface area contributed by atoms with Crippen LogP contribution in [0.5, 0.6) is 0 Å². The van der Waals surface area contributed by atoms with Crippen molar-refractivity contribution in [2.24, 2.45) is 0 Å². The number of hydrogen-bond acceptors (Lipinski definition) is 4. The summed E-state index contributed by atoms with van der Waals surface area (Å²) < 4.78 is 29.1. The van der Waals surface area contributed by atoms with Crippen LogP contribution in [0.15, 0.2) is 58.2 Å². The number of aliphatic hydroxyl groups is 1. The highest BCUT2D eigenvalue weighted by Gasteiger charge is 2.34. The highest BCUT2D eigenvalue weighted by Crippen LogP contribution is 2.26. The van der Waals surface area contributed by atoms with Crippen molar-refractivity contribution in [3.63, 3.8) is 0 Å². The van der Waals surface area contributed by atoms with Crippen molar-refractivity contribution in [3.8, 4) is 0 Å². The van der Waals surface area contributed by atoms with E-state index >= 15 is 0 Å². The highest BCUT2D eigenvalue weighted by atomic mass is 32.2. The fourth-order valence-corrected chi connectivity index (χ4v) is 4.68. The Morgan fingerprint density at radius 3 is 1.53 bits per heavy atom. The summed E-state index contributed by atoms with van der Waals surface area (Å²) in [7, 11) is -3.67. The van der Waals surface area contributed by atoms with E-state index in [1.54, 1.807) is 6.92 Å². The summed E-state index contributed by atoms with van der Waals surface area (Å²) in [5.41, 5.74) is 5.42. The van der Waals surface area contributed by atoms with Crippen molar-refractivity contribution < 1.29 is 17.7 Å². The van der Waals surface area contributed by atoms with Gasteiger partial charge in [0.2, 0.25) is 0 Å². The van der Waals surface area contributed by atoms with Crippen LogP contribution >= 0.6 is 0 Å². The summed E-state index contributed by atoms with van der Waals surface area (Å²) >= 11 is 0. The van der Waals surface area contributed by atoms with Gasteiger partial charge in [-0.2, -0.15) is 8.42 Å². The lowest BCUT2D eigenvalue weighted by Gasteiger charge is -2.31. The standard InChI is InChI=1S/C31H54O4S/c1-25(2)15-10-17-27(5)19-12-20-28(6)21-13-23-30(35-36(9,33)34)31(8,32)24-14-22-29(7)18-11-16-26(3)4/h15-16,19,21-22,30,32H,10-14,17-18,20,23-24H2,1-9H3/b27-19+,28-21+,29-22+/t30-,31+/m0/s1. The Bertz CT molecular complexity index is 891. The molecule has 0 amide bonds. The van der Waals surface area contributed by atoms with Crippen LogP contribution in [-0.2, 0) is 14.3 Å². The van der Waals surface area contributed by atoms with E-state index in [4.69, 9.17) is 4.18 Å². The predicted octanol–water partition coefficient (Wildman–Crippen LogP) is 8.75. The predicted molar refractivity (Wildman–Crippen MR) is 157 cm³/mol. The smallest absolute Gasteiger partial charge is 0.264 e. The lowest BCUT2D eigenvalue weighted by molar-refractivity contribution is -0.0530. The molecule has 0 saturated heterocycles. The largest absolute Gasteiger partial charge is 0.387 e. The normalized spacial score (nSPS) is 15.9. The van der Waals surface area contributed by atoms with Gasteiger partial charge in [0.25, 0.3) is 10.1 Å². The first-order valence-electron chi connectivity index (χ1n) is 13.5. The Kier molecular flexibility index (Phi) is 17.2. The second-order valence-electron chi connectivity index (χ2n) is 11.1. The molecule has 0 spiro atoms. The van der Waals surface area contributed by atoms with Crippen LogP contribution in [0.1, 0.15) is 120 Å². The van der Waals surface area contributed by atoms with Gasteiger partial charge in [0.05, 0.1) is 11.9 Å². The first-order chi connectivity index (χ1) is 16.6. The van der Waals surface area contributed by atoms with Crippen LogP contribution in [-0.4, -0.2) is 31.5 Å². The fourth-order valence-electron chi connectivity index (χ4n) is 3.96. The minimum Gasteiger partial charge on any atom is -0.387 e. The van der Waals surface area contributed by atoms with E-state index in [1.807, 2.05) is 0 Å². The summed E-state index contributed by atoms with van der Waals surface area (Å²) in [5, 5.41) is 11.1. The minimum atomic E-state index is -3.67. The van der Waals surface area contributed by atoms with Crippen molar-refractivity contribution in [1.29, 1.82) is 0 Å². The Hall–Kier alpha value is -1.43. The molecule has 1 N–H and O–H groups in total. The maximum Gasteiger partial charge on any atom is 0.264 e. The minimum absolute atomic E-state index is 0.451. The van der Waals surface area contributed by atoms with Crippen LogP contribution < -0.4 is 0 Å².